The Balaban J connectivity index is 2.49. The molecular formula is C16H19NO4. The van der Waals surface area contributed by atoms with Gasteiger partial charge >= 0.3 is 5.97 Å². The number of anilines is 1. The maximum atomic E-state index is 12.1. The summed E-state index contributed by atoms with van der Waals surface area (Å²) in [6, 6.07) is 5.04. The quantitative estimate of drug-likeness (QED) is 0.514. The first-order chi connectivity index (χ1) is 10.1. The van der Waals surface area contributed by atoms with Crippen molar-refractivity contribution in [3.8, 4) is 0 Å². The normalized spacial score (nSPS) is 15.3. The smallest absolute Gasteiger partial charge is 0.338 e. The summed E-state index contributed by atoms with van der Waals surface area (Å²) in [6.07, 6.45) is 0.611. The highest BCUT2D eigenvalue weighted by Gasteiger charge is 2.29. The van der Waals surface area contributed by atoms with Crippen molar-refractivity contribution in [3.63, 3.8) is 0 Å². The average Bonchev–Trinajstić information content (AvgIpc) is 2.80. The molecule has 0 unspecified atom stereocenters. The number of allylic oxidation sites excluding steroid dienone is 1. The molecule has 1 amide bonds. The second kappa shape index (κ2) is 6.43. The molecule has 2 rings (SSSR count). The highest BCUT2D eigenvalue weighted by molar-refractivity contribution is 6.32. The van der Waals surface area contributed by atoms with Crippen LogP contribution in [-0.2, 0) is 14.3 Å². The fourth-order valence-electron chi connectivity index (χ4n) is 2.31. The van der Waals surface area contributed by atoms with E-state index in [9.17, 15) is 9.59 Å². The van der Waals surface area contributed by atoms with Gasteiger partial charge in [0.05, 0.1) is 24.4 Å². The van der Waals surface area contributed by atoms with Crippen molar-refractivity contribution in [3.05, 3.63) is 35.1 Å². The van der Waals surface area contributed by atoms with Crippen molar-refractivity contribution in [1.82, 2.24) is 0 Å². The summed E-state index contributed by atoms with van der Waals surface area (Å²) in [7, 11) is 0. The number of carbonyl (C=O) groups excluding carboxylic acids is 2. The molecule has 0 bridgehead atoms. The van der Waals surface area contributed by atoms with Crippen molar-refractivity contribution in [2.75, 3.05) is 18.5 Å². The first-order valence-electron chi connectivity index (χ1n) is 7.11. The molecule has 0 fully saturated rings. The highest BCUT2D eigenvalue weighted by atomic mass is 16.5. The van der Waals surface area contributed by atoms with E-state index in [4.69, 9.17) is 9.47 Å². The van der Waals surface area contributed by atoms with E-state index >= 15 is 0 Å². The summed E-state index contributed by atoms with van der Waals surface area (Å²) in [5.74, 6) is 0.0412. The molecule has 1 N–H and O–H groups in total. The molecule has 0 saturated carbocycles. The van der Waals surface area contributed by atoms with Crippen molar-refractivity contribution in [1.29, 1.82) is 0 Å². The number of nitrogens with one attached hydrogen (secondary N) is 1. The molecule has 0 atom stereocenters. The number of hydrogen-bond donors (Lipinski definition) is 1. The first kappa shape index (κ1) is 15.1. The highest BCUT2D eigenvalue weighted by Crippen LogP contribution is 2.35. The van der Waals surface area contributed by atoms with E-state index in [1.807, 2.05) is 13.8 Å². The Morgan fingerprint density at radius 3 is 2.48 bits per heavy atom. The van der Waals surface area contributed by atoms with Crippen LogP contribution in [0.25, 0.3) is 5.57 Å². The second-order valence-corrected chi connectivity index (χ2v) is 4.52. The van der Waals surface area contributed by atoms with Gasteiger partial charge in [-0.2, -0.15) is 0 Å². The lowest BCUT2D eigenvalue weighted by molar-refractivity contribution is -0.111. The van der Waals surface area contributed by atoms with Crippen LogP contribution in [0.1, 0.15) is 43.1 Å². The summed E-state index contributed by atoms with van der Waals surface area (Å²) in [4.78, 5) is 24.0. The fraction of sp³-hybridized carbons (Fsp3) is 0.375. The maximum absolute atomic E-state index is 12.1. The molecule has 0 saturated heterocycles. The van der Waals surface area contributed by atoms with Gasteiger partial charge in [-0.05, 0) is 32.0 Å². The predicted molar refractivity (Wildman–Crippen MR) is 79.9 cm³/mol. The van der Waals surface area contributed by atoms with Gasteiger partial charge in [0, 0.05) is 17.7 Å². The zero-order valence-corrected chi connectivity index (χ0v) is 12.5. The van der Waals surface area contributed by atoms with Crippen LogP contribution >= 0.6 is 0 Å². The van der Waals surface area contributed by atoms with Gasteiger partial charge < -0.3 is 14.8 Å². The molecule has 1 aliphatic heterocycles. The number of ether oxygens (including phenoxy) is 2. The Bertz CT molecular complexity index is 604. The van der Waals surface area contributed by atoms with Crippen LogP contribution in [0, 0.1) is 0 Å². The first-order valence-corrected chi connectivity index (χ1v) is 7.11. The summed E-state index contributed by atoms with van der Waals surface area (Å²) < 4.78 is 10.5. The number of rotatable bonds is 5. The van der Waals surface area contributed by atoms with Crippen LogP contribution in [0.15, 0.2) is 24.0 Å². The van der Waals surface area contributed by atoms with Gasteiger partial charge in [-0.25, -0.2) is 4.79 Å². The number of hydrogen-bond acceptors (Lipinski definition) is 4. The monoisotopic (exact) mass is 289 g/mol. The second-order valence-electron chi connectivity index (χ2n) is 4.52. The number of fused-ring (bicyclic) bond motifs is 1. The van der Waals surface area contributed by atoms with Crippen LogP contribution in [0.5, 0.6) is 0 Å². The third-order valence-corrected chi connectivity index (χ3v) is 3.19. The van der Waals surface area contributed by atoms with Crippen LogP contribution in [-0.4, -0.2) is 25.1 Å². The molecule has 21 heavy (non-hydrogen) atoms. The minimum absolute atomic E-state index is 0.198. The lowest BCUT2D eigenvalue weighted by atomic mass is 10.0. The minimum atomic E-state index is -0.395. The molecule has 1 aromatic carbocycles. The summed E-state index contributed by atoms with van der Waals surface area (Å²) in [5, 5.41) is 2.79. The Hall–Kier alpha value is -2.30. The van der Waals surface area contributed by atoms with Crippen molar-refractivity contribution >= 4 is 23.1 Å². The minimum Gasteiger partial charge on any atom is -0.497 e. The third-order valence-electron chi connectivity index (χ3n) is 3.19. The third kappa shape index (κ3) is 2.91. The van der Waals surface area contributed by atoms with Gasteiger partial charge in [-0.15, -0.1) is 0 Å². The summed E-state index contributed by atoms with van der Waals surface area (Å²) in [5.41, 5.74) is 2.31. The molecule has 1 aromatic rings. The van der Waals surface area contributed by atoms with E-state index in [0.29, 0.717) is 47.8 Å². The van der Waals surface area contributed by atoms with E-state index in [1.165, 1.54) is 0 Å². The fourth-order valence-corrected chi connectivity index (χ4v) is 2.31. The van der Waals surface area contributed by atoms with Gasteiger partial charge in [-0.3, -0.25) is 4.79 Å². The molecular weight excluding hydrogens is 270 g/mol. The molecule has 0 aromatic heterocycles. The van der Waals surface area contributed by atoms with Gasteiger partial charge in [0.25, 0.3) is 5.91 Å². The number of benzene rings is 1. The maximum Gasteiger partial charge on any atom is 0.338 e. The topological polar surface area (TPSA) is 64.6 Å². The number of esters is 1. The van der Waals surface area contributed by atoms with Crippen molar-refractivity contribution in [2.24, 2.45) is 0 Å². The van der Waals surface area contributed by atoms with E-state index in [1.54, 1.807) is 25.1 Å². The number of amides is 1. The van der Waals surface area contributed by atoms with Crippen LogP contribution in [0.3, 0.4) is 0 Å². The Morgan fingerprint density at radius 2 is 1.86 bits per heavy atom. The average molecular weight is 289 g/mol. The predicted octanol–water partition coefficient (Wildman–Crippen LogP) is 2.97. The Morgan fingerprint density at radius 1 is 1.14 bits per heavy atom. The molecule has 5 nitrogen and oxygen atoms in total. The van der Waals surface area contributed by atoms with E-state index in [-0.39, 0.29) is 5.91 Å². The van der Waals surface area contributed by atoms with Crippen LogP contribution < -0.4 is 5.32 Å². The zero-order chi connectivity index (χ0) is 15.4. The zero-order valence-electron chi connectivity index (χ0n) is 12.5. The standard InChI is InChI=1S/C16H19NO4/c1-4-13(20-5-2)14-11-9-10(16(19)21-6-3)7-8-12(11)17-15(14)18/h7-9H,4-6H2,1-3H3,(H,17,18)/b14-13-. The van der Waals surface area contributed by atoms with E-state index in [0.717, 1.165) is 0 Å². The lowest BCUT2D eigenvalue weighted by Gasteiger charge is -2.10. The van der Waals surface area contributed by atoms with Crippen molar-refractivity contribution < 1.29 is 19.1 Å². The molecule has 112 valence electrons. The van der Waals surface area contributed by atoms with E-state index in [2.05, 4.69) is 5.32 Å². The van der Waals surface area contributed by atoms with Crippen molar-refractivity contribution in [2.45, 2.75) is 27.2 Å². The SMILES string of the molecule is CCOC(=O)c1ccc2c(c1)/C(=C(\CC)OCC)C(=O)N2. The molecule has 0 spiro atoms. The van der Waals surface area contributed by atoms with Gasteiger partial charge in [0.15, 0.2) is 0 Å². The van der Waals surface area contributed by atoms with Gasteiger partial charge in [0.1, 0.15) is 5.76 Å². The summed E-state index contributed by atoms with van der Waals surface area (Å²) in [6.45, 7) is 6.37. The molecule has 5 heteroatoms. The largest absolute Gasteiger partial charge is 0.497 e. The van der Waals surface area contributed by atoms with Gasteiger partial charge in [0.2, 0.25) is 0 Å². The van der Waals surface area contributed by atoms with Crippen LogP contribution in [0.2, 0.25) is 0 Å². The summed E-state index contributed by atoms with van der Waals surface area (Å²) >= 11 is 0. The number of carbonyl (C=O) groups is 2. The van der Waals surface area contributed by atoms with Crippen LogP contribution in [0.4, 0.5) is 5.69 Å². The molecule has 0 aliphatic carbocycles. The molecule has 1 heterocycles. The Labute approximate surface area is 123 Å². The molecule has 1 aliphatic rings. The lowest BCUT2D eigenvalue weighted by Crippen LogP contribution is -2.07. The Kier molecular flexibility index (Phi) is 4.62. The molecule has 0 radical (unpaired) electrons. The van der Waals surface area contributed by atoms with Gasteiger partial charge in [-0.1, -0.05) is 6.92 Å². The van der Waals surface area contributed by atoms with E-state index < -0.39 is 5.97 Å².